The summed E-state index contributed by atoms with van der Waals surface area (Å²) in [6.07, 6.45) is 30.8. The molecule has 0 aromatic heterocycles. The lowest BCUT2D eigenvalue weighted by atomic mass is 10.2. The van der Waals surface area contributed by atoms with Crippen molar-refractivity contribution in [3.63, 3.8) is 0 Å². The van der Waals surface area contributed by atoms with E-state index >= 15 is 0 Å². The van der Waals surface area contributed by atoms with E-state index in [1.807, 2.05) is 12.2 Å². The van der Waals surface area contributed by atoms with Crippen LogP contribution in [0.25, 0.3) is 0 Å². The van der Waals surface area contributed by atoms with Crippen molar-refractivity contribution in [3.05, 3.63) is 103 Å². The molecule has 6 nitrogen and oxygen atoms in total. The van der Waals surface area contributed by atoms with E-state index in [-0.39, 0.29) is 17.7 Å². The van der Waals surface area contributed by atoms with Gasteiger partial charge in [-0.3, -0.25) is 9.59 Å². The van der Waals surface area contributed by atoms with E-state index in [0.717, 1.165) is 38.5 Å². The maximum atomic E-state index is 12.3. The zero-order valence-corrected chi connectivity index (χ0v) is 23.4. The fourth-order valence-electron chi connectivity index (χ4n) is 3.20. The van der Waals surface area contributed by atoms with E-state index in [4.69, 9.17) is 14.2 Å². The number of para-hydroxylation sites is 1. The zero-order chi connectivity index (χ0) is 28.6. The van der Waals surface area contributed by atoms with Crippen molar-refractivity contribution in [2.45, 2.75) is 78.4 Å². The monoisotopic (exact) mass is 534 g/mol. The Labute approximate surface area is 233 Å². The third-order valence-corrected chi connectivity index (χ3v) is 5.04. The molecule has 0 saturated heterocycles. The Hall–Kier alpha value is -3.93. The van der Waals surface area contributed by atoms with Gasteiger partial charge in [-0.05, 0) is 57.1 Å². The van der Waals surface area contributed by atoms with Crippen molar-refractivity contribution < 1.29 is 28.6 Å². The number of benzene rings is 1. The third-order valence-electron chi connectivity index (χ3n) is 5.04. The third kappa shape index (κ3) is 18.0. The molecule has 0 spiro atoms. The summed E-state index contributed by atoms with van der Waals surface area (Å²) < 4.78 is 15.3. The largest absolute Gasteiger partial charge is 0.426 e. The highest BCUT2D eigenvalue weighted by Gasteiger charge is 2.19. The van der Waals surface area contributed by atoms with Crippen molar-refractivity contribution in [2.75, 3.05) is 0 Å². The molecule has 0 saturated carbocycles. The predicted molar refractivity (Wildman–Crippen MR) is 156 cm³/mol. The quantitative estimate of drug-likeness (QED) is 0.0818. The van der Waals surface area contributed by atoms with Crippen LogP contribution in [0.4, 0.5) is 0 Å². The maximum Gasteiger partial charge on any atom is 0.345 e. The number of ether oxygens (including phenoxy) is 3. The van der Waals surface area contributed by atoms with Crippen LogP contribution >= 0.6 is 0 Å². The topological polar surface area (TPSA) is 78.9 Å². The fraction of sp³-hybridized carbons (Fsp3) is 0.364. The average Bonchev–Trinajstić information content (AvgIpc) is 2.89. The van der Waals surface area contributed by atoms with Gasteiger partial charge in [0.25, 0.3) is 0 Å². The van der Waals surface area contributed by atoms with Gasteiger partial charge in [-0.15, -0.1) is 0 Å². The molecule has 39 heavy (non-hydrogen) atoms. The van der Waals surface area contributed by atoms with E-state index in [9.17, 15) is 14.4 Å². The van der Waals surface area contributed by atoms with Crippen molar-refractivity contribution in [2.24, 2.45) is 0 Å². The molecule has 210 valence electrons. The number of esters is 3. The molecule has 1 aromatic rings. The molecule has 1 unspecified atom stereocenters. The SMILES string of the molecule is CC/C=C/C/C=C/C/C=C/C/C=C/C/C=C/C/C=C/CCC(=O)OC(C)OC(=O)c1ccccc1OC(C)=O. The first-order valence-electron chi connectivity index (χ1n) is 13.5. The maximum absolute atomic E-state index is 12.3. The van der Waals surface area contributed by atoms with Crippen LogP contribution < -0.4 is 4.74 Å². The lowest BCUT2D eigenvalue weighted by molar-refractivity contribution is -0.165. The van der Waals surface area contributed by atoms with Gasteiger partial charge in [0.15, 0.2) is 0 Å². The summed E-state index contributed by atoms with van der Waals surface area (Å²) in [6, 6.07) is 6.21. The van der Waals surface area contributed by atoms with E-state index < -0.39 is 24.2 Å². The van der Waals surface area contributed by atoms with Gasteiger partial charge in [-0.2, -0.15) is 0 Å². The molecule has 6 heteroatoms. The number of allylic oxidation sites excluding steroid dienone is 12. The highest BCUT2D eigenvalue weighted by Crippen LogP contribution is 2.20. The highest BCUT2D eigenvalue weighted by atomic mass is 16.7. The summed E-state index contributed by atoms with van der Waals surface area (Å²) in [5.41, 5.74) is 0.0774. The Morgan fingerprint density at radius 3 is 1.72 bits per heavy atom. The normalized spacial score (nSPS) is 12.9. The standard InChI is InChI=1S/C33H42O6/c1-4-5-6-7-8-9-10-11-12-13-14-15-16-17-18-19-20-21-22-27-32(35)38-29(3)39-33(36)30-25-23-24-26-31(30)37-28(2)34/h5-6,8-9,11-12,14-15,17-18,20-21,23-26,29H,4,7,10,13,16,19,22,27H2,1-3H3/b6-5+,9-8+,12-11+,15-14+,18-17+,21-20+. The molecule has 0 fully saturated rings. The summed E-state index contributed by atoms with van der Waals surface area (Å²) in [7, 11) is 0. The van der Waals surface area contributed by atoms with Gasteiger partial charge in [0.1, 0.15) is 11.3 Å². The molecule has 0 aliphatic heterocycles. The second kappa shape index (κ2) is 22.1. The van der Waals surface area contributed by atoms with Crippen LogP contribution in [0.2, 0.25) is 0 Å². The highest BCUT2D eigenvalue weighted by molar-refractivity contribution is 5.93. The van der Waals surface area contributed by atoms with Crippen LogP contribution in [0.5, 0.6) is 5.75 Å². The second-order valence-electron chi connectivity index (χ2n) is 8.51. The van der Waals surface area contributed by atoms with Crippen molar-refractivity contribution >= 4 is 17.9 Å². The minimum Gasteiger partial charge on any atom is -0.426 e. The number of rotatable bonds is 18. The molecule has 0 bridgehead atoms. The minimum atomic E-state index is -1.07. The van der Waals surface area contributed by atoms with Gasteiger partial charge in [0, 0.05) is 20.3 Å². The first kappa shape index (κ1) is 33.1. The van der Waals surface area contributed by atoms with Crippen LogP contribution in [-0.2, 0) is 19.1 Å². The molecule has 0 heterocycles. The van der Waals surface area contributed by atoms with Gasteiger partial charge in [-0.1, -0.05) is 92.0 Å². The number of hydrogen-bond donors (Lipinski definition) is 0. The van der Waals surface area contributed by atoms with Gasteiger partial charge >= 0.3 is 17.9 Å². The van der Waals surface area contributed by atoms with Crippen molar-refractivity contribution in [3.8, 4) is 5.75 Å². The fourth-order valence-corrected chi connectivity index (χ4v) is 3.20. The van der Waals surface area contributed by atoms with Crippen LogP contribution in [0, 0.1) is 0 Å². The molecule has 0 N–H and O–H groups in total. The summed E-state index contributed by atoms with van der Waals surface area (Å²) in [6.45, 7) is 4.84. The summed E-state index contributed by atoms with van der Waals surface area (Å²) in [4.78, 5) is 35.6. The summed E-state index contributed by atoms with van der Waals surface area (Å²) in [5.74, 6) is -1.68. The van der Waals surface area contributed by atoms with Crippen molar-refractivity contribution in [1.82, 2.24) is 0 Å². The predicted octanol–water partition coefficient (Wildman–Crippen LogP) is 8.14. The summed E-state index contributed by atoms with van der Waals surface area (Å²) in [5, 5.41) is 0. The lowest BCUT2D eigenvalue weighted by Gasteiger charge is -2.15. The van der Waals surface area contributed by atoms with E-state index in [1.54, 1.807) is 12.1 Å². The lowest BCUT2D eigenvalue weighted by Crippen LogP contribution is -2.22. The molecule has 1 atom stereocenters. The van der Waals surface area contributed by atoms with Crippen molar-refractivity contribution in [1.29, 1.82) is 0 Å². The molecule has 1 rings (SSSR count). The smallest absolute Gasteiger partial charge is 0.345 e. The van der Waals surface area contributed by atoms with Crippen LogP contribution in [-0.4, -0.2) is 24.2 Å². The number of carbonyl (C=O) groups excluding carboxylic acids is 3. The van der Waals surface area contributed by atoms with Gasteiger partial charge in [-0.25, -0.2) is 4.79 Å². The molecule has 0 aliphatic rings. The van der Waals surface area contributed by atoms with Crippen LogP contribution in [0.3, 0.4) is 0 Å². The number of hydrogen-bond acceptors (Lipinski definition) is 6. The van der Waals surface area contributed by atoms with E-state index in [2.05, 4.69) is 67.7 Å². The van der Waals surface area contributed by atoms with Gasteiger partial charge in [0.05, 0.1) is 0 Å². The Morgan fingerprint density at radius 1 is 0.718 bits per heavy atom. The summed E-state index contributed by atoms with van der Waals surface area (Å²) >= 11 is 0. The van der Waals surface area contributed by atoms with Gasteiger partial charge in [0.2, 0.25) is 6.29 Å². The average molecular weight is 535 g/mol. The molecule has 0 radical (unpaired) electrons. The molecular formula is C33H42O6. The molecular weight excluding hydrogens is 492 g/mol. The second-order valence-corrected chi connectivity index (χ2v) is 8.51. The molecule has 0 aliphatic carbocycles. The van der Waals surface area contributed by atoms with Crippen LogP contribution in [0.1, 0.15) is 82.5 Å². The molecule has 0 amide bonds. The Bertz CT molecular complexity index is 1040. The van der Waals surface area contributed by atoms with E-state index in [1.165, 1.54) is 26.0 Å². The minimum absolute atomic E-state index is 0.0774. The zero-order valence-electron chi connectivity index (χ0n) is 23.4. The van der Waals surface area contributed by atoms with Gasteiger partial charge < -0.3 is 14.2 Å². The molecule has 1 aromatic carbocycles. The Morgan fingerprint density at radius 2 is 1.21 bits per heavy atom. The van der Waals surface area contributed by atoms with E-state index in [0.29, 0.717) is 6.42 Å². The Kier molecular flexibility index (Phi) is 18.7. The Balaban J connectivity index is 2.16. The first-order valence-corrected chi connectivity index (χ1v) is 13.5. The number of carbonyl (C=O) groups is 3. The first-order chi connectivity index (χ1) is 18.9. The van der Waals surface area contributed by atoms with Crippen LogP contribution in [0.15, 0.2) is 97.2 Å².